The molecule has 9 rings (SSSR count). The van der Waals surface area contributed by atoms with Crippen LogP contribution in [0.5, 0.6) is 0 Å². The van der Waals surface area contributed by atoms with Crippen molar-refractivity contribution in [2.24, 2.45) is 10.8 Å². The molecule has 6 aromatic carbocycles. The molecule has 0 saturated heterocycles. The molecule has 0 N–H and O–H groups in total. The second kappa shape index (κ2) is 14.4. The van der Waals surface area contributed by atoms with Crippen LogP contribution in [0, 0.1) is 10.8 Å². The van der Waals surface area contributed by atoms with Crippen molar-refractivity contribution in [1.29, 1.82) is 0 Å². The Morgan fingerprint density at radius 3 is 1.34 bits per heavy atom. The van der Waals surface area contributed by atoms with Crippen LogP contribution in [0.1, 0.15) is 170 Å². The zero-order valence-corrected chi connectivity index (χ0v) is 40.8. The van der Waals surface area contributed by atoms with Crippen LogP contribution < -0.4 is 0 Å². The van der Waals surface area contributed by atoms with Crippen molar-refractivity contribution in [2.45, 2.75) is 136 Å². The lowest BCUT2D eigenvalue weighted by molar-refractivity contribution is 0.189. The van der Waals surface area contributed by atoms with Crippen LogP contribution in [0.4, 0.5) is 0 Å². The SMILES string of the molecule is CCC(C)(C)C(C)(C)c1ccc(C(C)(C)c2ccc3c(c2)C2(c4ccccc4-3)c3ccccc3-c3ccc(C(C)(C)c4ccc5c(c4)C(C)C(C)(C)C5(C)C)cc32)cc1.CS. The lowest BCUT2D eigenvalue weighted by Gasteiger charge is -2.42. The molecule has 2 atom stereocenters. The molecule has 3 aliphatic rings. The summed E-state index contributed by atoms with van der Waals surface area (Å²) in [5.41, 5.74) is 20.7. The predicted molar refractivity (Wildman–Crippen MR) is 267 cm³/mol. The number of thiol groups is 1. The van der Waals surface area contributed by atoms with E-state index in [-0.39, 0.29) is 32.5 Å². The van der Waals surface area contributed by atoms with Gasteiger partial charge >= 0.3 is 0 Å². The van der Waals surface area contributed by atoms with Gasteiger partial charge in [0.2, 0.25) is 0 Å². The second-order valence-corrected chi connectivity index (χ2v) is 21.9. The van der Waals surface area contributed by atoms with Crippen LogP contribution in [0.15, 0.2) is 127 Å². The Morgan fingerprint density at radius 1 is 0.459 bits per heavy atom. The van der Waals surface area contributed by atoms with Crippen LogP contribution in [0.3, 0.4) is 0 Å². The van der Waals surface area contributed by atoms with Crippen molar-refractivity contribution >= 4 is 12.6 Å². The normalized spacial score (nSPS) is 19.4. The highest BCUT2D eigenvalue weighted by Crippen LogP contribution is 2.64. The highest BCUT2D eigenvalue weighted by molar-refractivity contribution is 7.79. The third-order valence-corrected chi connectivity index (χ3v) is 18.0. The first-order valence-electron chi connectivity index (χ1n) is 22.9. The monoisotopic (exact) mass is 823 g/mol. The van der Waals surface area contributed by atoms with Crippen molar-refractivity contribution in [2.75, 3.05) is 6.26 Å². The molecule has 0 aromatic heterocycles. The fourth-order valence-corrected chi connectivity index (χ4v) is 11.5. The minimum atomic E-state index is -0.420. The summed E-state index contributed by atoms with van der Waals surface area (Å²) < 4.78 is 0. The van der Waals surface area contributed by atoms with Gasteiger partial charge in [0.15, 0.2) is 0 Å². The van der Waals surface area contributed by atoms with Gasteiger partial charge in [-0.15, -0.1) is 0 Å². The number of rotatable bonds is 7. The Morgan fingerprint density at radius 2 is 0.852 bits per heavy atom. The average Bonchev–Trinajstić information content (AvgIpc) is 3.77. The fourth-order valence-electron chi connectivity index (χ4n) is 11.5. The second-order valence-electron chi connectivity index (χ2n) is 21.9. The first-order chi connectivity index (χ1) is 28.6. The van der Waals surface area contributed by atoms with E-state index in [0.717, 1.165) is 6.42 Å². The Bertz CT molecular complexity index is 2650. The molecule has 61 heavy (non-hydrogen) atoms. The third kappa shape index (κ3) is 5.84. The van der Waals surface area contributed by atoms with Crippen LogP contribution in [0.25, 0.3) is 22.3 Å². The number of hydrogen-bond acceptors (Lipinski definition) is 1. The number of hydrogen-bond donors (Lipinski definition) is 1. The summed E-state index contributed by atoms with van der Waals surface area (Å²) in [4.78, 5) is 0. The molecule has 0 heterocycles. The van der Waals surface area contributed by atoms with Gasteiger partial charge in [-0.2, -0.15) is 12.6 Å². The van der Waals surface area contributed by atoms with E-state index in [2.05, 4.69) is 237 Å². The zero-order chi connectivity index (χ0) is 44.3. The molecule has 1 heteroatoms. The van der Waals surface area contributed by atoms with Crippen LogP contribution in [0.2, 0.25) is 0 Å². The molecule has 316 valence electrons. The number of benzene rings is 6. The summed E-state index contributed by atoms with van der Waals surface area (Å²) in [6.45, 7) is 33.9. The lowest BCUT2D eigenvalue weighted by atomic mass is 9.62. The van der Waals surface area contributed by atoms with E-state index in [0.29, 0.717) is 5.92 Å². The van der Waals surface area contributed by atoms with Gasteiger partial charge in [0.05, 0.1) is 5.41 Å². The Hall–Kier alpha value is -4.33. The highest BCUT2D eigenvalue weighted by Gasteiger charge is 2.53. The van der Waals surface area contributed by atoms with Gasteiger partial charge < -0.3 is 0 Å². The molecule has 6 aromatic rings. The molecule has 0 saturated carbocycles. The smallest absolute Gasteiger partial charge is 0.0725 e. The Kier molecular flexibility index (Phi) is 10.2. The third-order valence-electron chi connectivity index (χ3n) is 18.0. The molecule has 0 amide bonds. The van der Waals surface area contributed by atoms with Gasteiger partial charge in [-0.3, -0.25) is 0 Å². The first kappa shape index (κ1) is 43.3. The molecular weight excluding hydrogens is 753 g/mol. The van der Waals surface area contributed by atoms with Gasteiger partial charge in [0, 0.05) is 10.8 Å². The molecule has 0 radical (unpaired) electrons. The van der Waals surface area contributed by atoms with Crippen LogP contribution >= 0.6 is 12.6 Å². The summed E-state index contributed by atoms with van der Waals surface area (Å²) in [5, 5.41) is 0. The number of fused-ring (bicyclic) bond motifs is 11. The van der Waals surface area contributed by atoms with Crippen molar-refractivity contribution < 1.29 is 0 Å². The van der Waals surface area contributed by atoms with E-state index in [1.807, 2.05) is 0 Å². The van der Waals surface area contributed by atoms with Crippen molar-refractivity contribution in [3.8, 4) is 22.3 Å². The first-order valence-corrected chi connectivity index (χ1v) is 23.7. The maximum Gasteiger partial charge on any atom is 0.0725 e. The van der Waals surface area contributed by atoms with Gasteiger partial charge in [-0.25, -0.2) is 0 Å². The molecule has 2 unspecified atom stereocenters. The standard InChI is InChI=1S/C59H66.CH4S/c1-15-53(3,4)57(11,12)39-26-24-38(25-27-39)54(5,6)41-28-31-45-43-20-16-18-22-49(43)59(51(45)35-41)50-23-19-17-21-44(50)46-32-29-42(36-52(46)59)55(7,8)40-30-33-48-47(34-40)37(2)56(9,10)58(48,13)14;1-2/h16-37H,15H2,1-14H3;2H,1H3. The van der Waals surface area contributed by atoms with Crippen LogP contribution in [-0.2, 0) is 27.1 Å². The van der Waals surface area contributed by atoms with Gasteiger partial charge in [0.1, 0.15) is 0 Å². The summed E-state index contributed by atoms with van der Waals surface area (Å²) in [7, 11) is 0. The average molecular weight is 823 g/mol. The maximum absolute atomic E-state index is 3.53. The van der Waals surface area contributed by atoms with E-state index in [9.17, 15) is 0 Å². The van der Waals surface area contributed by atoms with Crippen molar-refractivity contribution in [3.05, 3.63) is 189 Å². The largest absolute Gasteiger partial charge is 0.183 e. The van der Waals surface area contributed by atoms with E-state index >= 15 is 0 Å². The van der Waals surface area contributed by atoms with E-state index in [1.54, 1.807) is 6.26 Å². The molecule has 3 aliphatic carbocycles. The Balaban J connectivity index is 0.00000253. The quantitative estimate of drug-likeness (QED) is 0.152. The van der Waals surface area contributed by atoms with Gasteiger partial charge in [-0.1, -0.05) is 231 Å². The summed E-state index contributed by atoms with van der Waals surface area (Å²) in [6.07, 6.45) is 2.84. The molecule has 0 bridgehead atoms. The molecular formula is C60H70S. The van der Waals surface area contributed by atoms with Crippen LogP contribution in [-0.4, -0.2) is 6.26 Å². The topological polar surface area (TPSA) is 0 Å². The minimum Gasteiger partial charge on any atom is -0.183 e. The van der Waals surface area contributed by atoms with Gasteiger partial charge in [0.25, 0.3) is 0 Å². The Labute approximate surface area is 375 Å². The predicted octanol–water partition coefficient (Wildman–Crippen LogP) is 16.4. The molecule has 0 aliphatic heterocycles. The summed E-state index contributed by atoms with van der Waals surface area (Å²) in [5.74, 6) is 0.490. The van der Waals surface area contributed by atoms with E-state index < -0.39 is 5.41 Å². The van der Waals surface area contributed by atoms with Crippen molar-refractivity contribution in [3.63, 3.8) is 0 Å². The lowest BCUT2D eigenvalue weighted by Crippen LogP contribution is -2.36. The molecule has 0 fully saturated rings. The van der Waals surface area contributed by atoms with E-state index in [4.69, 9.17) is 0 Å². The van der Waals surface area contributed by atoms with Gasteiger partial charge in [-0.05, 0) is 117 Å². The van der Waals surface area contributed by atoms with Crippen molar-refractivity contribution in [1.82, 2.24) is 0 Å². The molecule has 0 nitrogen and oxygen atoms in total. The maximum atomic E-state index is 3.53. The van der Waals surface area contributed by atoms with E-state index in [1.165, 1.54) is 83.5 Å². The zero-order valence-electron chi connectivity index (χ0n) is 39.9. The summed E-state index contributed by atoms with van der Waals surface area (Å²) >= 11 is 3.53. The fraction of sp³-hybridized carbons (Fsp3) is 0.400. The summed E-state index contributed by atoms with van der Waals surface area (Å²) in [6, 6.07) is 50.4. The molecule has 1 spiro atoms. The minimum absolute atomic E-state index is 0.0691. The highest BCUT2D eigenvalue weighted by atomic mass is 32.1.